The second kappa shape index (κ2) is 5.65. The van der Waals surface area contributed by atoms with Crippen LogP contribution in [0.3, 0.4) is 0 Å². The molecule has 2 heteroatoms. The average molecular weight is 233 g/mol. The van der Waals surface area contributed by atoms with E-state index < -0.39 is 0 Å². The molecule has 2 unspecified atom stereocenters. The predicted octanol–water partition coefficient (Wildman–Crippen LogP) is 3.41. The molecular weight excluding hydrogens is 210 g/mol. The lowest BCUT2D eigenvalue weighted by molar-refractivity contribution is 0.134. The number of benzene rings is 1. The van der Waals surface area contributed by atoms with Gasteiger partial charge in [0.05, 0.1) is 13.2 Å². The van der Waals surface area contributed by atoms with Crippen molar-refractivity contribution in [3.8, 4) is 0 Å². The van der Waals surface area contributed by atoms with Gasteiger partial charge in [-0.25, -0.2) is 0 Å². The van der Waals surface area contributed by atoms with Gasteiger partial charge >= 0.3 is 0 Å². The normalized spacial score (nSPS) is 17.8. The molecule has 0 saturated heterocycles. The summed E-state index contributed by atoms with van der Waals surface area (Å²) in [5.74, 6) is 0.761. The smallest absolute Gasteiger partial charge is 0.0725 e. The van der Waals surface area contributed by atoms with Crippen LogP contribution in [0.4, 0.5) is 0 Å². The molecule has 0 spiro atoms. The Kier molecular flexibility index (Phi) is 4.19. The van der Waals surface area contributed by atoms with E-state index in [0.29, 0.717) is 6.04 Å². The molecule has 0 bridgehead atoms. The van der Waals surface area contributed by atoms with Gasteiger partial charge in [-0.3, -0.25) is 0 Å². The van der Waals surface area contributed by atoms with Crippen LogP contribution in [-0.4, -0.2) is 7.05 Å². The topological polar surface area (TPSA) is 21.3 Å². The van der Waals surface area contributed by atoms with Crippen LogP contribution in [0.2, 0.25) is 0 Å². The summed E-state index contributed by atoms with van der Waals surface area (Å²) in [4.78, 5) is 0. The molecule has 1 aliphatic rings. The molecule has 1 aromatic rings. The highest BCUT2D eigenvalue weighted by atomic mass is 16.5. The summed E-state index contributed by atoms with van der Waals surface area (Å²) in [7, 11) is 2.05. The molecular formula is C15H23NO. The average Bonchev–Trinajstić information content (AvgIpc) is 2.82. The number of fused-ring (bicyclic) bond motifs is 1. The molecule has 1 aromatic carbocycles. The van der Waals surface area contributed by atoms with Crippen LogP contribution in [-0.2, 0) is 18.0 Å². The molecule has 0 aliphatic carbocycles. The van der Waals surface area contributed by atoms with E-state index in [1.165, 1.54) is 29.5 Å². The highest BCUT2D eigenvalue weighted by Crippen LogP contribution is 2.27. The third-order valence-electron chi connectivity index (χ3n) is 3.83. The SMILES string of the molecule is CCC(C)CC(NC)c1ccc2c(c1)COC2. The van der Waals surface area contributed by atoms with Gasteiger partial charge in [-0.15, -0.1) is 0 Å². The van der Waals surface area contributed by atoms with E-state index in [9.17, 15) is 0 Å². The van der Waals surface area contributed by atoms with Gasteiger partial charge in [0.1, 0.15) is 0 Å². The van der Waals surface area contributed by atoms with E-state index in [1.54, 1.807) is 0 Å². The van der Waals surface area contributed by atoms with Crippen molar-refractivity contribution >= 4 is 0 Å². The van der Waals surface area contributed by atoms with Gasteiger partial charge in [-0.1, -0.05) is 38.5 Å². The first-order valence-electron chi connectivity index (χ1n) is 6.61. The number of hydrogen-bond acceptors (Lipinski definition) is 2. The van der Waals surface area contributed by atoms with E-state index in [0.717, 1.165) is 19.1 Å². The molecule has 1 heterocycles. The van der Waals surface area contributed by atoms with Crippen LogP contribution < -0.4 is 5.32 Å². The first-order chi connectivity index (χ1) is 8.24. The minimum Gasteiger partial charge on any atom is -0.372 e. The van der Waals surface area contributed by atoms with Gasteiger partial charge in [0.15, 0.2) is 0 Å². The highest BCUT2D eigenvalue weighted by molar-refractivity contribution is 5.34. The largest absolute Gasteiger partial charge is 0.372 e. The molecule has 0 radical (unpaired) electrons. The fraction of sp³-hybridized carbons (Fsp3) is 0.600. The summed E-state index contributed by atoms with van der Waals surface area (Å²) in [5, 5.41) is 3.43. The summed E-state index contributed by atoms with van der Waals surface area (Å²) in [5.41, 5.74) is 4.12. The minimum atomic E-state index is 0.468. The molecule has 1 aliphatic heterocycles. The van der Waals surface area contributed by atoms with Gasteiger partial charge < -0.3 is 10.1 Å². The van der Waals surface area contributed by atoms with Crippen molar-refractivity contribution < 1.29 is 4.74 Å². The van der Waals surface area contributed by atoms with Gasteiger partial charge in [0, 0.05) is 6.04 Å². The van der Waals surface area contributed by atoms with Crippen LogP contribution in [0, 0.1) is 5.92 Å². The summed E-state index contributed by atoms with van der Waals surface area (Å²) >= 11 is 0. The molecule has 94 valence electrons. The van der Waals surface area contributed by atoms with Crippen LogP contribution in [0.15, 0.2) is 18.2 Å². The van der Waals surface area contributed by atoms with Crippen molar-refractivity contribution in [2.45, 2.75) is 45.9 Å². The van der Waals surface area contributed by atoms with Crippen molar-refractivity contribution in [1.29, 1.82) is 0 Å². The van der Waals surface area contributed by atoms with E-state index in [2.05, 4.69) is 44.4 Å². The molecule has 0 aromatic heterocycles. The summed E-state index contributed by atoms with van der Waals surface area (Å²) in [6.07, 6.45) is 2.44. The molecule has 0 fully saturated rings. The highest BCUT2D eigenvalue weighted by Gasteiger charge is 2.16. The second-order valence-electron chi connectivity index (χ2n) is 5.11. The van der Waals surface area contributed by atoms with Gasteiger partial charge in [-0.05, 0) is 36.1 Å². The molecule has 2 rings (SSSR count). The van der Waals surface area contributed by atoms with Crippen LogP contribution in [0.5, 0.6) is 0 Å². The van der Waals surface area contributed by atoms with Crippen molar-refractivity contribution in [3.63, 3.8) is 0 Å². The Morgan fingerprint density at radius 3 is 2.76 bits per heavy atom. The van der Waals surface area contributed by atoms with Crippen LogP contribution >= 0.6 is 0 Å². The number of ether oxygens (including phenoxy) is 1. The lowest BCUT2D eigenvalue weighted by Crippen LogP contribution is -2.19. The zero-order valence-corrected chi connectivity index (χ0v) is 11.1. The van der Waals surface area contributed by atoms with Crippen LogP contribution in [0.1, 0.15) is 49.4 Å². The van der Waals surface area contributed by atoms with Crippen molar-refractivity contribution in [3.05, 3.63) is 34.9 Å². The Hall–Kier alpha value is -0.860. The second-order valence-corrected chi connectivity index (χ2v) is 5.11. The van der Waals surface area contributed by atoms with Gasteiger partial charge in [0.2, 0.25) is 0 Å². The summed E-state index contributed by atoms with van der Waals surface area (Å²) in [6.45, 7) is 6.14. The number of rotatable bonds is 5. The Morgan fingerprint density at radius 1 is 1.29 bits per heavy atom. The maximum absolute atomic E-state index is 5.47. The Balaban J connectivity index is 2.14. The fourth-order valence-corrected chi connectivity index (χ4v) is 2.40. The van der Waals surface area contributed by atoms with Crippen molar-refractivity contribution in [2.75, 3.05) is 7.05 Å². The van der Waals surface area contributed by atoms with E-state index in [4.69, 9.17) is 4.74 Å². The lowest BCUT2D eigenvalue weighted by atomic mass is 9.93. The minimum absolute atomic E-state index is 0.468. The Morgan fingerprint density at radius 2 is 2.06 bits per heavy atom. The fourth-order valence-electron chi connectivity index (χ4n) is 2.40. The van der Waals surface area contributed by atoms with Gasteiger partial charge in [0.25, 0.3) is 0 Å². The zero-order chi connectivity index (χ0) is 12.3. The first-order valence-corrected chi connectivity index (χ1v) is 6.61. The quantitative estimate of drug-likeness (QED) is 0.841. The maximum atomic E-state index is 5.47. The van der Waals surface area contributed by atoms with E-state index >= 15 is 0 Å². The standard InChI is InChI=1S/C15H23NO/c1-4-11(2)7-15(16-3)12-5-6-13-9-17-10-14(13)8-12/h5-6,8,11,15-16H,4,7,9-10H2,1-3H3. The maximum Gasteiger partial charge on any atom is 0.0725 e. The van der Waals surface area contributed by atoms with E-state index in [1.807, 2.05) is 0 Å². The molecule has 2 atom stereocenters. The van der Waals surface area contributed by atoms with E-state index in [-0.39, 0.29) is 0 Å². The number of nitrogens with one attached hydrogen (secondary N) is 1. The molecule has 0 saturated carbocycles. The zero-order valence-electron chi connectivity index (χ0n) is 11.1. The molecule has 0 amide bonds. The van der Waals surface area contributed by atoms with Crippen molar-refractivity contribution in [1.82, 2.24) is 5.32 Å². The third kappa shape index (κ3) is 2.88. The first kappa shape index (κ1) is 12.6. The van der Waals surface area contributed by atoms with Gasteiger partial charge in [-0.2, -0.15) is 0 Å². The Bertz CT molecular complexity index is 375. The lowest BCUT2D eigenvalue weighted by Gasteiger charge is -2.20. The molecule has 17 heavy (non-hydrogen) atoms. The third-order valence-corrected chi connectivity index (χ3v) is 3.83. The summed E-state index contributed by atoms with van der Waals surface area (Å²) in [6, 6.07) is 7.25. The number of hydrogen-bond donors (Lipinski definition) is 1. The monoisotopic (exact) mass is 233 g/mol. The predicted molar refractivity (Wildman–Crippen MR) is 70.8 cm³/mol. The van der Waals surface area contributed by atoms with Crippen molar-refractivity contribution in [2.24, 2.45) is 5.92 Å². The molecule has 2 nitrogen and oxygen atoms in total. The summed E-state index contributed by atoms with van der Waals surface area (Å²) < 4.78 is 5.47. The van der Waals surface area contributed by atoms with Crippen LogP contribution in [0.25, 0.3) is 0 Å². The Labute approximate surface area is 104 Å². The molecule has 1 N–H and O–H groups in total.